The van der Waals surface area contributed by atoms with E-state index in [0.717, 1.165) is 15.9 Å². The molecule has 5 heteroatoms. The number of terminal acetylenes is 1. The number of fused-ring (bicyclic) bond motifs is 1. The molecule has 0 aliphatic heterocycles. The molecule has 0 unspecified atom stereocenters. The molecule has 0 fully saturated rings. The average molecular weight is 363 g/mol. The maximum atomic E-state index is 12.6. The van der Waals surface area contributed by atoms with Gasteiger partial charge in [0.05, 0.1) is 16.8 Å². The second-order valence-electron chi connectivity index (χ2n) is 6.44. The van der Waals surface area contributed by atoms with E-state index in [2.05, 4.69) is 36.9 Å². The van der Waals surface area contributed by atoms with E-state index in [1.54, 1.807) is 12.1 Å². The van der Waals surface area contributed by atoms with Gasteiger partial charge in [-0.1, -0.05) is 17.3 Å². The summed E-state index contributed by atoms with van der Waals surface area (Å²) in [7, 11) is 3.93. The van der Waals surface area contributed by atoms with E-state index in [4.69, 9.17) is 6.42 Å². The number of nitrogens with zero attached hydrogens (tertiary/aromatic N) is 3. The first kappa shape index (κ1) is 18.0. The Balaban J connectivity index is 2.09. The van der Waals surface area contributed by atoms with Crippen LogP contribution in [0.25, 0.3) is 10.2 Å². The lowest BCUT2D eigenvalue weighted by molar-refractivity contribution is 0.0998. The van der Waals surface area contributed by atoms with Crippen molar-refractivity contribution in [2.24, 2.45) is 4.99 Å². The summed E-state index contributed by atoms with van der Waals surface area (Å²) in [6, 6.07) is 11.7. The van der Waals surface area contributed by atoms with E-state index in [9.17, 15) is 4.79 Å². The fourth-order valence-corrected chi connectivity index (χ4v) is 3.81. The smallest absolute Gasteiger partial charge is 0.279 e. The predicted molar refractivity (Wildman–Crippen MR) is 109 cm³/mol. The summed E-state index contributed by atoms with van der Waals surface area (Å²) in [4.78, 5) is 19.6. The summed E-state index contributed by atoms with van der Waals surface area (Å²) in [6.07, 6.45) is 5.54. The molecule has 0 aliphatic rings. The van der Waals surface area contributed by atoms with Crippen molar-refractivity contribution in [2.45, 2.75) is 20.4 Å². The van der Waals surface area contributed by atoms with Gasteiger partial charge in [0.1, 0.15) is 0 Å². The van der Waals surface area contributed by atoms with Crippen LogP contribution >= 0.6 is 11.3 Å². The number of thiazole rings is 1. The quantitative estimate of drug-likeness (QED) is 0.665. The summed E-state index contributed by atoms with van der Waals surface area (Å²) in [5.41, 5.74) is 5.02. The van der Waals surface area contributed by atoms with Gasteiger partial charge in [0, 0.05) is 25.3 Å². The Morgan fingerprint density at radius 1 is 1.19 bits per heavy atom. The third-order valence-electron chi connectivity index (χ3n) is 4.38. The first-order valence-corrected chi connectivity index (χ1v) is 9.13. The van der Waals surface area contributed by atoms with Crippen molar-refractivity contribution in [3.8, 4) is 12.3 Å². The minimum Gasteiger partial charge on any atom is -0.378 e. The lowest BCUT2D eigenvalue weighted by atomic mass is 10.1. The number of anilines is 1. The van der Waals surface area contributed by atoms with Gasteiger partial charge in [-0.3, -0.25) is 4.79 Å². The lowest BCUT2D eigenvalue weighted by Gasteiger charge is -2.11. The number of aryl methyl sites for hydroxylation is 2. The molecule has 26 heavy (non-hydrogen) atoms. The van der Waals surface area contributed by atoms with Crippen molar-refractivity contribution in [3.63, 3.8) is 0 Å². The fraction of sp³-hybridized carbons (Fsp3) is 0.238. The molecular formula is C21H21N3OS. The van der Waals surface area contributed by atoms with Gasteiger partial charge in [0.25, 0.3) is 5.91 Å². The molecule has 0 spiro atoms. The molecule has 3 rings (SSSR count). The molecule has 2 aromatic carbocycles. The molecule has 4 nitrogen and oxygen atoms in total. The van der Waals surface area contributed by atoms with Crippen LogP contribution in [-0.2, 0) is 6.54 Å². The molecule has 132 valence electrons. The molecule has 1 heterocycles. The molecule has 0 atom stereocenters. The van der Waals surface area contributed by atoms with Crippen LogP contribution < -0.4 is 9.70 Å². The largest absolute Gasteiger partial charge is 0.378 e. The molecule has 0 saturated heterocycles. The van der Waals surface area contributed by atoms with E-state index in [-0.39, 0.29) is 5.91 Å². The van der Waals surface area contributed by atoms with Crippen LogP contribution in [0, 0.1) is 26.2 Å². The number of carbonyl (C=O) groups excluding carboxylic acids is 1. The number of carbonyl (C=O) groups is 1. The molecular weight excluding hydrogens is 342 g/mol. The Morgan fingerprint density at radius 2 is 1.85 bits per heavy atom. The highest BCUT2D eigenvalue weighted by atomic mass is 32.1. The Bertz CT molecular complexity index is 1080. The molecule has 0 saturated carbocycles. The Kier molecular flexibility index (Phi) is 4.97. The number of hydrogen-bond donors (Lipinski definition) is 0. The third-order valence-corrected chi connectivity index (χ3v) is 5.42. The van der Waals surface area contributed by atoms with Gasteiger partial charge in [-0.25, -0.2) is 0 Å². The molecule has 3 aromatic rings. The van der Waals surface area contributed by atoms with Gasteiger partial charge in [0.15, 0.2) is 4.80 Å². The van der Waals surface area contributed by atoms with Crippen molar-refractivity contribution >= 4 is 33.1 Å². The highest BCUT2D eigenvalue weighted by Crippen LogP contribution is 2.22. The predicted octanol–water partition coefficient (Wildman–Crippen LogP) is 3.76. The van der Waals surface area contributed by atoms with Crippen LogP contribution in [0.3, 0.4) is 0 Å². The van der Waals surface area contributed by atoms with Crippen molar-refractivity contribution in [3.05, 3.63) is 57.9 Å². The molecule has 0 radical (unpaired) electrons. The Morgan fingerprint density at radius 3 is 2.46 bits per heavy atom. The van der Waals surface area contributed by atoms with E-state index in [1.165, 1.54) is 22.5 Å². The van der Waals surface area contributed by atoms with Gasteiger partial charge < -0.3 is 9.47 Å². The minimum atomic E-state index is -0.263. The molecule has 1 amide bonds. The second-order valence-corrected chi connectivity index (χ2v) is 7.45. The summed E-state index contributed by atoms with van der Waals surface area (Å²) in [5, 5.41) is 0. The number of aromatic nitrogens is 1. The van der Waals surface area contributed by atoms with Gasteiger partial charge in [-0.15, -0.1) is 6.42 Å². The van der Waals surface area contributed by atoms with Crippen molar-refractivity contribution in [2.75, 3.05) is 19.0 Å². The summed E-state index contributed by atoms with van der Waals surface area (Å²) in [6.45, 7) is 4.53. The summed E-state index contributed by atoms with van der Waals surface area (Å²) >= 11 is 1.49. The number of amides is 1. The SMILES string of the molecule is C#CCn1c(=NC(=O)c2ccc(N(C)C)cc2)sc2cc(C)c(C)cc21. The monoisotopic (exact) mass is 363 g/mol. The lowest BCUT2D eigenvalue weighted by Crippen LogP contribution is -2.16. The normalized spacial score (nSPS) is 11.6. The number of rotatable bonds is 3. The van der Waals surface area contributed by atoms with Crippen LogP contribution in [0.2, 0.25) is 0 Å². The van der Waals surface area contributed by atoms with Crippen LogP contribution in [0.5, 0.6) is 0 Å². The summed E-state index contributed by atoms with van der Waals surface area (Å²) < 4.78 is 3.01. The zero-order chi connectivity index (χ0) is 18.8. The van der Waals surface area contributed by atoms with E-state index in [0.29, 0.717) is 16.9 Å². The van der Waals surface area contributed by atoms with E-state index >= 15 is 0 Å². The van der Waals surface area contributed by atoms with Crippen molar-refractivity contribution in [1.82, 2.24) is 4.57 Å². The average Bonchev–Trinajstić information content (AvgIpc) is 2.92. The highest BCUT2D eigenvalue weighted by molar-refractivity contribution is 7.16. The van der Waals surface area contributed by atoms with Gasteiger partial charge in [0.2, 0.25) is 0 Å². The molecule has 0 N–H and O–H groups in total. The van der Waals surface area contributed by atoms with Crippen molar-refractivity contribution in [1.29, 1.82) is 0 Å². The Labute approximate surface area is 157 Å². The van der Waals surface area contributed by atoms with Crippen LogP contribution in [0.1, 0.15) is 21.5 Å². The van der Waals surface area contributed by atoms with E-state index < -0.39 is 0 Å². The maximum Gasteiger partial charge on any atom is 0.279 e. The molecule has 0 bridgehead atoms. The van der Waals surface area contributed by atoms with Crippen LogP contribution in [0.15, 0.2) is 41.4 Å². The number of hydrogen-bond acceptors (Lipinski definition) is 3. The fourth-order valence-electron chi connectivity index (χ4n) is 2.70. The van der Waals surface area contributed by atoms with Crippen molar-refractivity contribution < 1.29 is 4.79 Å². The third kappa shape index (κ3) is 3.42. The Hall–Kier alpha value is -2.84. The minimum absolute atomic E-state index is 0.263. The molecule has 1 aromatic heterocycles. The summed E-state index contributed by atoms with van der Waals surface area (Å²) in [5.74, 6) is 2.40. The zero-order valence-electron chi connectivity index (χ0n) is 15.4. The topological polar surface area (TPSA) is 37.6 Å². The van der Waals surface area contributed by atoms with Gasteiger partial charge >= 0.3 is 0 Å². The second kappa shape index (κ2) is 7.19. The maximum absolute atomic E-state index is 12.6. The van der Waals surface area contributed by atoms with E-state index in [1.807, 2.05) is 35.7 Å². The molecule has 0 aliphatic carbocycles. The standard InChI is InChI=1S/C21H21N3OS/c1-6-11-24-18-12-14(2)15(3)13-19(18)26-21(24)22-20(25)16-7-9-17(10-8-16)23(4)5/h1,7-10,12-13H,11H2,2-5H3. The van der Waals surface area contributed by atoms with Gasteiger partial charge in [-0.2, -0.15) is 4.99 Å². The van der Waals surface area contributed by atoms with Crippen LogP contribution in [0.4, 0.5) is 5.69 Å². The highest BCUT2D eigenvalue weighted by Gasteiger charge is 2.10. The van der Waals surface area contributed by atoms with Gasteiger partial charge in [-0.05, 0) is 61.4 Å². The zero-order valence-corrected chi connectivity index (χ0v) is 16.2. The first-order valence-electron chi connectivity index (χ1n) is 8.31. The van der Waals surface area contributed by atoms with Crippen LogP contribution in [-0.4, -0.2) is 24.6 Å². The number of benzene rings is 2. The first-order chi connectivity index (χ1) is 12.4.